The van der Waals surface area contributed by atoms with Crippen molar-refractivity contribution in [3.8, 4) is 0 Å². The molecular weight excluding hydrogens is 346 g/mol. The Kier molecular flexibility index (Phi) is 4.49. The van der Waals surface area contributed by atoms with Gasteiger partial charge in [-0.15, -0.1) is 0 Å². The zero-order chi connectivity index (χ0) is 19.0. The number of anilines is 1. The second-order valence-corrected chi connectivity index (χ2v) is 6.70. The minimum absolute atomic E-state index is 0.0956. The monoisotopic (exact) mass is 367 g/mol. The molecule has 8 nitrogen and oxygen atoms in total. The van der Waals surface area contributed by atoms with Gasteiger partial charge < -0.3 is 15.4 Å². The largest absolute Gasteiger partial charge is 0.376 e. The van der Waals surface area contributed by atoms with Crippen LogP contribution in [0.2, 0.25) is 0 Å². The highest BCUT2D eigenvalue weighted by Crippen LogP contribution is 2.20. The van der Waals surface area contributed by atoms with Crippen molar-refractivity contribution in [1.82, 2.24) is 19.7 Å². The number of nitrogens with zero attached hydrogens (tertiary/aromatic N) is 3. The van der Waals surface area contributed by atoms with E-state index in [9.17, 15) is 9.59 Å². The van der Waals surface area contributed by atoms with E-state index in [0.29, 0.717) is 34.6 Å². The third-order valence-electron chi connectivity index (χ3n) is 4.74. The highest BCUT2D eigenvalue weighted by molar-refractivity contribution is 6.01. The van der Waals surface area contributed by atoms with E-state index in [1.54, 1.807) is 25.4 Å². The Morgan fingerprint density at radius 2 is 2.22 bits per heavy atom. The van der Waals surface area contributed by atoms with Crippen LogP contribution in [0.15, 0.2) is 29.2 Å². The molecule has 8 heteroatoms. The fraction of sp³-hybridized carbons (Fsp3) is 0.368. The molecule has 3 aromatic heterocycles. The minimum Gasteiger partial charge on any atom is -0.376 e. The van der Waals surface area contributed by atoms with Gasteiger partial charge in [-0.1, -0.05) is 6.07 Å². The van der Waals surface area contributed by atoms with Crippen LogP contribution in [-0.2, 0) is 4.74 Å². The summed E-state index contributed by atoms with van der Waals surface area (Å²) in [7, 11) is 1.55. The van der Waals surface area contributed by atoms with Crippen LogP contribution in [0.4, 0.5) is 5.82 Å². The summed E-state index contributed by atoms with van der Waals surface area (Å²) in [4.78, 5) is 34.2. The molecule has 0 saturated carbocycles. The molecule has 1 aliphatic rings. The lowest BCUT2D eigenvalue weighted by Crippen LogP contribution is -2.25. The Bertz CT molecular complexity index is 1090. The summed E-state index contributed by atoms with van der Waals surface area (Å²) in [6.45, 7) is 3.21. The van der Waals surface area contributed by atoms with Crippen LogP contribution in [0.1, 0.15) is 28.8 Å². The molecule has 0 spiro atoms. The van der Waals surface area contributed by atoms with Crippen molar-refractivity contribution in [2.75, 3.05) is 25.5 Å². The standard InChI is InChI=1S/C19H21N5O3/c1-11-5-6-15-22-17-14(19(26)24(15)10-11)8-13(18(25)20-2)16(23-17)21-9-12-4-3-7-27-12/h5-6,8,10,12H,3-4,7,9H2,1-2H3,(H,20,25)(H,21,23)/t12-/m1/s1. The lowest BCUT2D eigenvalue weighted by atomic mass is 10.1. The van der Waals surface area contributed by atoms with Gasteiger partial charge in [0, 0.05) is 26.4 Å². The molecule has 0 aliphatic carbocycles. The average Bonchev–Trinajstić information content (AvgIpc) is 3.19. The number of pyridine rings is 2. The summed E-state index contributed by atoms with van der Waals surface area (Å²) in [5, 5.41) is 6.10. The zero-order valence-corrected chi connectivity index (χ0v) is 15.3. The van der Waals surface area contributed by atoms with Crippen molar-refractivity contribution < 1.29 is 9.53 Å². The topological polar surface area (TPSA) is 97.6 Å². The number of amides is 1. The van der Waals surface area contributed by atoms with Crippen molar-refractivity contribution in [2.45, 2.75) is 25.9 Å². The fourth-order valence-corrected chi connectivity index (χ4v) is 3.30. The van der Waals surface area contributed by atoms with Crippen LogP contribution in [-0.4, -0.2) is 46.6 Å². The van der Waals surface area contributed by atoms with Crippen LogP contribution in [0.3, 0.4) is 0 Å². The Balaban J connectivity index is 1.85. The summed E-state index contributed by atoms with van der Waals surface area (Å²) in [5.74, 6) is 0.0914. The van der Waals surface area contributed by atoms with Crippen molar-refractivity contribution in [3.63, 3.8) is 0 Å². The van der Waals surface area contributed by atoms with Gasteiger partial charge in [0.05, 0.1) is 17.1 Å². The molecule has 1 saturated heterocycles. The summed E-state index contributed by atoms with van der Waals surface area (Å²) in [6, 6.07) is 5.23. The van der Waals surface area contributed by atoms with Gasteiger partial charge in [-0.25, -0.2) is 9.97 Å². The third kappa shape index (κ3) is 3.23. The summed E-state index contributed by atoms with van der Waals surface area (Å²) in [5.41, 5.74) is 1.84. The third-order valence-corrected chi connectivity index (χ3v) is 4.74. The van der Waals surface area contributed by atoms with Gasteiger partial charge >= 0.3 is 0 Å². The number of carbonyl (C=O) groups is 1. The van der Waals surface area contributed by atoms with E-state index >= 15 is 0 Å². The molecule has 1 fully saturated rings. The highest BCUT2D eigenvalue weighted by atomic mass is 16.5. The van der Waals surface area contributed by atoms with Crippen molar-refractivity contribution in [1.29, 1.82) is 0 Å². The lowest BCUT2D eigenvalue weighted by molar-refractivity contribution is 0.0963. The van der Waals surface area contributed by atoms with Gasteiger partial charge in [-0.05, 0) is 37.5 Å². The van der Waals surface area contributed by atoms with Gasteiger partial charge in [0.1, 0.15) is 11.5 Å². The maximum absolute atomic E-state index is 12.9. The molecule has 0 unspecified atom stereocenters. The smallest absolute Gasteiger partial charge is 0.267 e. The number of hydrogen-bond donors (Lipinski definition) is 2. The van der Waals surface area contributed by atoms with E-state index in [4.69, 9.17) is 4.74 Å². The maximum atomic E-state index is 12.9. The molecule has 4 heterocycles. The van der Waals surface area contributed by atoms with Gasteiger partial charge in [-0.2, -0.15) is 0 Å². The average molecular weight is 367 g/mol. The van der Waals surface area contributed by atoms with Crippen molar-refractivity contribution in [2.24, 2.45) is 0 Å². The molecule has 0 bridgehead atoms. The van der Waals surface area contributed by atoms with Crippen molar-refractivity contribution >= 4 is 28.4 Å². The van der Waals surface area contributed by atoms with Gasteiger partial charge in [0.25, 0.3) is 11.5 Å². The van der Waals surface area contributed by atoms with Gasteiger partial charge in [-0.3, -0.25) is 14.0 Å². The predicted octanol–water partition coefficient (Wildman–Crippen LogP) is 1.50. The number of nitrogens with one attached hydrogen (secondary N) is 2. The Labute approximate surface area is 155 Å². The number of ether oxygens (including phenoxy) is 1. The highest BCUT2D eigenvalue weighted by Gasteiger charge is 2.20. The normalized spacial score (nSPS) is 16.7. The molecule has 1 atom stereocenters. The number of fused-ring (bicyclic) bond motifs is 2. The Morgan fingerprint density at radius 3 is 2.96 bits per heavy atom. The predicted molar refractivity (Wildman–Crippen MR) is 102 cm³/mol. The van der Waals surface area contributed by atoms with Gasteiger partial charge in [0.2, 0.25) is 0 Å². The fourth-order valence-electron chi connectivity index (χ4n) is 3.30. The van der Waals surface area contributed by atoms with Gasteiger partial charge in [0.15, 0.2) is 5.65 Å². The Hall–Kier alpha value is -3.00. The molecule has 2 N–H and O–H groups in total. The SMILES string of the molecule is CNC(=O)c1cc2c(=O)n3cc(C)ccc3nc2nc1NC[C@H]1CCCO1. The molecule has 1 amide bonds. The second kappa shape index (κ2) is 6.96. The zero-order valence-electron chi connectivity index (χ0n) is 15.3. The van der Waals surface area contributed by atoms with E-state index in [2.05, 4.69) is 20.6 Å². The molecule has 140 valence electrons. The summed E-state index contributed by atoms with van der Waals surface area (Å²) >= 11 is 0. The van der Waals surface area contributed by atoms with Crippen LogP contribution >= 0.6 is 0 Å². The number of rotatable bonds is 4. The van der Waals surface area contributed by atoms with E-state index < -0.39 is 0 Å². The first-order valence-electron chi connectivity index (χ1n) is 8.98. The van der Waals surface area contributed by atoms with Crippen LogP contribution in [0, 0.1) is 6.92 Å². The summed E-state index contributed by atoms with van der Waals surface area (Å²) in [6.07, 6.45) is 3.83. The second-order valence-electron chi connectivity index (χ2n) is 6.70. The number of carbonyl (C=O) groups excluding carboxylic acids is 1. The summed E-state index contributed by atoms with van der Waals surface area (Å²) < 4.78 is 7.10. The molecule has 4 rings (SSSR count). The van der Waals surface area contributed by atoms with E-state index in [1.807, 2.05) is 13.0 Å². The molecule has 1 aliphatic heterocycles. The first-order valence-corrected chi connectivity index (χ1v) is 8.98. The first-order chi connectivity index (χ1) is 13.1. The maximum Gasteiger partial charge on any atom is 0.267 e. The Morgan fingerprint density at radius 1 is 1.37 bits per heavy atom. The number of hydrogen-bond acceptors (Lipinski definition) is 6. The first kappa shape index (κ1) is 17.4. The van der Waals surface area contributed by atoms with E-state index in [-0.39, 0.29) is 17.6 Å². The van der Waals surface area contributed by atoms with Crippen LogP contribution < -0.4 is 16.2 Å². The van der Waals surface area contributed by atoms with Crippen LogP contribution in [0.25, 0.3) is 16.7 Å². The van der Waals surface area contributed by atoms with E-state index in [1.165, 1.54) is 4.40 Å². The van der Waals surface area contributed by atoms with Crippen LogP contribution in [0.5, 0.6) is 0 Å². The lowest BCUT2D eigenvalue weighted by Gasteiger charge is -2.14. The number of aromatic nitrogens is 3. The number of aryl methyl sites for hydroxylation is 1. The van der Waals surface area contributed by atoms with E-state index in [0.717, 1.165) is 25.0 Å². The quantitative estimate of drug-likeness (QED) is 0.678. The van der Waals surface area contributed by atoms with Crippen molar-refractivity contribution in [3.05, 3.63) is 45.9 Å². The molecular formula is C19H21N5O3. The molecule has 0 radical (unpaired) electrons. The molecule has 27 heavy (non-hydrogen) atoms. The molecule has 3 aromatic rings. The minimum atomic E-state index is -0.312. The molecule has 0 aromatic carbocycles.